The summed E-state index contributed by atoms with van der Waals surface area (Å²) in [4.78, 5) is 10.2. The van der Waals surface area contributed by atoms with Gasteiger partial charge in [-0.25, -0.2) is 5.10 Å². The lowest BCUT2D eigenvalue weighted by atomic mass is 10.6. The zero-order chi connectivity index (χ0) is 5.11. The van der Waals surface area contributed by atoms with E-state index in [9.17, 15) is 4.79 Å². The lowest BCUT2D eigenvalue weighted by Gasteiger charge is -1.72. The molecule has 1 heterocycles. The molecule has 0 radical (unpaired) electrons. The van der Waals surface area contributed by atoms with Gasteiger partial charge in [0.05, 0.1) is 0 Å². The van der Waals surface area contributed by atoms with Crippen molar-refractivity contribution in [3.63, 3.8) is 0 Å². The summed E-state index contributed by atoms with van der Waals surface area (Å²) < 4.78 is 0. The van der Waals surface area contributed by atoms with Crippen molar-refractivity contribution in [2.24, 2.45) is 0 Å². The zero-order valence-electron chi connectivity index (χ0n) is 4.59. The lowest BCUT2D eigenvalue weighted by molar-refractivity contribution is 0.988. The maximum atomic E-state index is 10.2. The third-order valence-electron chi connectivity index (χ3n) is 0.583. The molecule has 1 aromatic rings. The second kappa shape index (κ2) is 1.55. The SMILES string of the molecule is O=c1cccn[nH]1.[H+]. The van der Waals surface area contributed by atoms with Crippen LogP contribution in [-0.4, -0.2) is 10.2 Å². The number of aromatic nitrogens is 2. The molecule has 36 valence electrons. The van der Waals surface area contributed by atoms with E-state index in [2.05, 4.69) is 10.2 Å². The third-order valence-corrected chi connectivity index (χ3v) is 0.583. The predicted octanol–water partition coefficient (Wildman–Crippen LogP) is -0.118. The Morgan fingerprint density at radius 2 is 2.71 bits per heavy atom. The van der Waals surface area contributed by atoms with Crippen LogP contribution in [0.15, 0.2) is 23.1 Å². The Hall–Kier alpha value is -1.12. The van der Waals surface area contributed by atoms with E-state index in [0.29, 0.717) is 0 Å². The first kappa shape index (κ1) is 4.05. The van der Waals surface area contributed by atoms with Crippen LogP contribution >= 0.6 is 0 Å². The van der Waals surface area contributed by atoms with Crippen LogP contribution in [0.2, 0.25) is 0 Å². The standard InChI is InChI=1S/C4H4N2O/c7-4-2-1-3-5-6-4/h1-3H,(H,6,7)/p+1. The Morgan fingerprint density at radius 1 is 1.86 bits per heavy atom. The van der Waals surface area contributed by atoms with Crippen molar-refractivity contribution < 1.29 is 1.43 Å². The van der Waals surface area contributed by atoms with Crippen LogP contribution in [0.25, 0.3) is 0 Å². The van der Waals surface area contributed by atoms with E-state index < -0.39 is 0 Å². The normalized spacial score (nSPS) is 8.57. The molecule has 3 heteroatoms. The predicted molar refractivity (Wildman–Crippen MR) is 26.0 cm³/mol. The fourth-order valence-corrected chi connectivity index (χ4v) is 0.312. The van der Waals surface area contributed by atoms with Gasteiger partial charge in [-0.15, -0.1) is 0 Å². The van der Waals surface area contributed by atoms with Crippen molar-refractivity contribution in [3.05, 3.63) is 28.7 Å². The van der Waals surface area contributed by atoms with Crippen LogP contribution in [0.4, 0.5) is 0 Å². The lowest BCUT2D eigenvalue weighted by Crippen LogP contribution is -2.02. The molecule has 0 aliphatic rings. The van der Waals surface area contributed by atoms with Gasteiger partial charge in [0.15, 0.2) is 0 Å². The third kappa shape index (κ3) is 0.855. The first-order valence-electron chi connectivity index (χ1n) is 1.89. The zero-order valence-corrected chi connectivity index (χ0v) is 3.59. The fraction of sp³-hybridized carbons (Fsp3) is 0. The van der Waals surface area contributed by atoms with Gasteiger partial charge in [0.25, 0.3) is 5.56 Å². The van der Waals surface area contributed by atoms with Gasteiger partial charge in [0.1, 0.15) is 0 Å². The molecule has 7 heavy (non-hydrogen) atoms. The molecule has 0 aliphatic carbocycles. The van der Waals surface area contributed by atoms with Gasteiger partial charge in [0, 0.05) is 12.3 Å². The first-order valence-corrected chi connectivity index (χ1v) is 1.89. The van der Waals surface area contributed by atoms with E-state index in [1.165, 1.54) is 12.3 Å². The van der Waals surface area contributed by atoms with Gasteiger partial charge in [-0.05, 0) is 6.07 Å². The largest absolute Gasteiger partial charge is 1.00 e. The Kier molecular flexibility index (Phi) is 0.898. The van der Waals surface area contributed by atoms with E-state index in [4.69, 9.17) is 0 Å². The molecule has 3 nitrogen and oxygen atoms in total. The maximum Gasteiger partial charge on any atom is 1.00 e. The Morgan fingerprint density at radius 3 is 3.00 bits per heavy atom. The van der Waals surface area contributed by atoms with Gasteiger partial charge in [-0.2, -0.15) is 5.10 Å². The van der Waals surface area contributed by atoms with Gasteiger partial charge in [0.2, 0.25) is 0 Å². The summed E-state index contributed by atoms with van der Waals surface area (Å²) in [7, 11) is 0. The molecule has 0 unspecified atom stereocenters. The van der Waals surface area contributed by atoms with E-state index >= 15 is 0 Å². The molecule has 1 N–H and O–H groups in total. The monoisotopic (exact) mass is 97.0 g/mol. The van der Waals surface area contributed by atoms with Gasteiger partial charge >= 0.3 is 1.43 Å². The molecule has 0 saturated heterocycles. The highest BCUT2D eigenvalue weighted by Gasteiger charge is 1.70. The molecule has 0 fully saturated rings. The van der Waals surface area contributed by atoms with Crippen LogP contribution in [0.3, 0.4) is 0 Å². The maximum absolute atomic E-state index is 10.2. The molecule has 0 saturated carbocycles. The van der Waals surface area contributed by atoms with E-state index in [1.807, 2.05) is 0 Å². The van der Waals surface area contributed by atoms with Crippen molar-refractivity contribution in [2.75, 3.05) is 0 Å². The molecule has 0 atom stereocenters. The highest BCUT2D eigenvalue weighted by Crippen LogP contribution is 1.60. The molecule has 1 rings (SSSR count). The Balaban J connectivity index is 0.000000490. The number of H-pyrrole nitrogens is 1. The van der Waals surface area contributed by atoms with Crippen molar-refractivity contribution >= 4 is 0 Å². The molecule has 0 spiro atoms. The highest BCUT2D eigenvalue weighted by atomic mass is 16.1. The molecule has 0 aliphatic heterocycles. The molecular weight excluding hydrogens is 92.1 g/mol. The molecule has 1 aromatic heterocycles. The van der Waals surface area contributed by atoms with Crippen LogP contribution in [0.5, 0.6) is 0 Å². The summed E-state index contributed by atoms with van der Waals surface area (Å²) in [5, 5.41) is 5.67. The number of rotatable bonds is 0. The quantitative estimate of drug-likeness (QED) is 0.490. The van der Waals surface area contributed by atoms with Gasteiger partial charge < -0.3 is 0 Å². The highest BCUT2D eigenvalue weighted by molar-refractivity contribution is 4.81. The van der Waals surface area contributed by atoms with Gasteiger partial charge in [-0.1, -0.05) is 0 Å². The Bertz CT molecular complexity index is 180. The van der Waals surface area contributed by atoms with E-state index in [1.54, 1.807) is 6.07 Å². The number of hydrogen-bond acceptors (Lipinski definition) is 2. The minimum Gasteiger partial charge on any atom is -0.268 e. The second-order valence-corrected chi connectivity index (χ2v) is 1.11. The summed E-state index contributed by atoms with van der Waals surface area (Å²) in [6.45, 7) is 0. The van der Waals surface area contributed by atoms with Crippen LogP contribution < -0.4 is 5.56 Å². The first-order chi connectivity index (χ1) is 3.39. The van der Waals surface area contributed by atoms with Crippen LogP contribution in [-0.2, 0) is 0 Å². The number of aromatic amines is 1. The average Bonchev–Trinajstić information content (AvgIpc) is 1.69. The van der Waals surface area contributed by atoms with Crippen LogP contribution in [0, 0.1) is 0 Å². The van der Waals surface area contributed by atoms with Crippen molar-refractivity contribution in [3.8, 4) is 0 Å². The van der Waals surface area contributed by atoms with E-state index in [0.717, 1.165) is 0 Å². The molecular formula is C4H5N2O+. The smallest absolute Gasteiger partial charge is 0.268 e. The second-order valence-electron chi connectivity index (χ2n) is 1.11. The Labute approximate surface area is 41.5 Å². The number of nitrogens with zero attached hydrogens (tertiary/aromatic N) is 1. The van der Waals surface area contributed by atoms with Crippen molar-refractivity contribution in [1.29, 1.82) is 0 Å². The summed E-state index contributed by atoms with van der Waals surface area (Å²) in [5.74, 6) is 0. The molecule has 0 amide bonds. The van der Waals surface area contributed by atoms with Gasteiger partial charge in [-0.3, -0.25) is 4.79 Å². The summed E-state index contributed by atoms with van der Waals surface area (Å²) in [5.41, 5.74) is -0.164. The van der Waals surface area contributed by atoms with E-state index in [-0.39, 0.29) is 6.99 Å². The summed E-state index contributed by atoms with van der Waals surface area (Å²) >= 11 is 0. The summed E-state index contributed by atoms with van der Waals surface area (Å²) in [6.07, 6.45) is 1.52. The molecule has 0 bridgehead atoms. The minimum absolute atomic E-state index is 0. The fourth-order valence-electron chi connectivity index (χ4n) is 0.312. The summed E-state index contributed by atoms with van der Waals surface area (Å²) in [6, 6.07) is 2.99. The van der Waals surface area contributed by atoms with Crippen molar-refractivity contribution in [2.45, 2.75) is 0 Å². The number of nitrogens with one attached hydrogen (secondary N) is 1. The van der Waals surface area contributed by atoms with Crippen molar-refractivity contribution in [1.82, 2.24) is 10.2 Å². The number of hydrogen-bond donors (Lipinski definition) is 1. The topological polar surface area (TPSA) is 45.8 Å². The minimum atomic E-state index is -0.164. The van der Waals surface area contributed by atoms with Crippen LogP contribution in [0.1, 0.15) is 1.43 Å². The molecule has 0 aromatic carbocycles. The average molecular weight is 97.1 g/mol.